The molecule has 0 aromatic heterocycles. The summed E-state index contributed by atoms with van der Waals surface area (Å²) in [6, 6.07) is 10.9. The number of fused-ring (bicyclic) bond motifs is 1. The number of sulfonamides is 1. The van der Waals surface area contributed by atoms with Crippen LogP contribution in [0.3, 0.4) is 0 Å². The van der Waals surface area contributed by atoms with Crippen molar-refractivity contribution >= 4 is 27.3 Å². The third kappa shape index (κ3) is 2.10. The lowest BCUT2D eigenvalue weighted by atomic mass is 10.00. The molecule has 0 saturated heterocycles. The van der Waals surface area contributed by atoms with E-state index >= 15 is 0 Å². The van der Waals surface area contributed by atoms with Crippen molar-refractivity contribution in [1.82, 2.24) is 0 Å². The Labute approximate surface area is 152 Å². The van der Waals surface area contributed by atoms with E-state index in [2.05, 4.69) is 0 Å². The van der Waals surface area contributed by atoms with Crippen molar-refractivity contribution in [3.63, 3.8) is 0 Å². The van der Waals surface area contributed by atoms with Crippen LogP contribution in [0.15, 0.2) is 41.3 Å². The van der Waals surface area contributed by atoms with E-state index in [0.717, 1.165) is 17.7 Å². The molecule has 3 heterocycles. The van der Waals surface area contributed by atoms with Crippen LogP contribution in [-0.2, 0) is 27.7 Å². The summed E-state index contributed by atoms with van der Waals surface area (Å²) in [5.74, 6) is 0.486. The molecule has 3 aliphatic heterocycles. The molecule has 2 aromatic rings. The van der Waals surface area contributed by atoms with E-state index in [9.17, 15) is 13.2 Å². The molecule has 6 nitrogen and oxygen atoms in total. The summed E-state index contributed by atoms with van der Waals surface area (Å²) >= 11 is 0. The van der Waals surface area contributed by atoms with Crippen molar-refractivity contribution in [2.24, 2.45) is 0 Å². The maximum Gasteiger partial charge on any atom is 0.265 e. The van der Waals surface area contributed by atoms with Crippen LogP contribution in [-0.4, -0.2) is 34.0 Å². The minimum atomic E-state index is -3.70. The summed E-state index contributed by atoms with van der Waals surface area (Å²) in [4.78, 5) is 14.2. The number of nitrogens with zero attached hydrogens (tertiary/aromatic N) is 2. The second-order valence-corrected chi connectivity index (χ2v) is 8.61. The van der Waals surface area contributed by atoms with Crippen molar-refractivity contribution in [1.29, 1.82) is 0 Å². The van der Waals surface area contributed by atoms with Gasteiger partial charge < -0.3 is 9.64 Å². The Morgan fingerprint density at radius 2 is 1.85 bits per heavy atom. The fourth-order valence-electron chi connectivity index (χ4n) is 4.16. The van der Waals surface area contributed by atoms with Gasteiger partial charge in [0.1, 0.15) is 5.75 Å². The minimum absolute atomic E-state index is 0.0119. The Bertz CT molecular complexity index is 1030. The third-order valence-electron chi connectivity index (χ3n) is 5.35. The number of carbonyl (C=O) groups excluding carboxylic acids is 1. The van der Waals surface area contributed by atoms with Crippen LogP contribution in [0.1, 0.15) is 17.5 Å². The first-order valence-corrected chi connectivity index (χ1v) is 10.2. The third-order valence-corrected chi connectivity index (χ3v) is 7.24. The molecule has 0 unspecified atom stereocenters. The number of para-hydroxylation sites is 1. The molecule has 26 heavy (non-hydrogen) atoms. The topological polar surface area (TPSA) is 66.9 Å². The molecule has 0 N–H and O–H groups in total. The molecule has 0 radical (unpaired) electrons. The van der Waals surface area contributed by atoms with Gasteiger partial charge in [0.25, 0.3) is 15.9 Å². The maximum atomic E-state index is 13.5. The molecule has 7 heteroatoms. The Balaban J connectivity index is 1.67. The molecule has 2 aromatic carbocycles. The lowest BCUT2D eigenvalue weighted by molar-refractivity contribution is -0.121. The van der Waals surface area contributed by atoms with Crippen molar-refractivity contribution < 1.29 is 17.9 Å². The second-order valence-electron chi connectivity index (χ2n) is 6.78. The molecule has 3 aliphatic rings. The van der Waals surface area contributed by atoms with Gasteiger partial charge in [0, 0.05) is 18.7 Å². The number of hydrogen-bond donors (Lipinski definition) is 0. The standard InChI is InChI=1S/C19H18N2O4S/c22-18-12-25-16-7-8-17(14-5-3-10-20(18)19(14)16)26(23,24)21-11-9-13-4-1-2-6-15(13)21/h1-2,4,6-8H,3,5,9-12H2. The highest BCUT2D eigenvalue weighted by molar-refractivity contribution is 7.93. The quantitative estimate of drug-likeness (QED) is 0.812. The number of hydrogen-bond acceptors (Lipinski definition) is 4. The van der Waals surface area contributed by atoms with Crippen LogP contribution in [0.5, 0.6) is 5.75 Å². The molecule has 0 atom stereocenters. The van der Waals surface area contributed by atoms with Crippen LogP contribution in [0, 0.1) is 0 Å². The smallest absolute Gasteiger partial charge is 0.265 e. The monoisotopic (exact) mass is 370 g/mol. The summed E-state index contributed by atoms with van der Waals surface area (Å²) in [6.45, 7) is 1.06. The first kappa shape index (κ1) is 15.7. The highest BCUT2D eigenvalue weighted by Crippen LogP contribution is 2.44. The fraction of sp³-hybridized carbons (Fsp3) is 0.316. The van der Waals surface area contributed by atoms with Gasteiger partial charge in [0.2, 0.25) is 0 Å². The summed E-state index contributed by atoms with van der Waals surface area (Å²) in [5, 5.41) is 0. The predicted octanol–water partition coefficient (Wildman–Crippen LogP) is 2.11. The molecular weight excluding hydrogens is 352 g/mol. The Kier molecular flexibility index (Phi) is 3.31. The molecule has 134 valence electrons. The largest absolute Gasteiger partial charge is 0.482 e. The van der Waals surface area contributed by atoms with E-state index in [1.165, 1.54) is 4.31 Å². The normalized spacial score (nSPS) is 18.4. The number of ether oxygens (including phenoxy) is 1. The second kappa shape index (κ2) is 5.48. The van der Waals surface area contributed by atoms with Crippen molar-refractivity contribution in [3.8, 4) is 5.75 Å². The number of benzene rings is 2. The van der Waals surface area contributed by atoms with Gasteiger partial charge in [-0.15, -0.1) is 0 Å². The highest BCUT2D eigenvalue weighted by atomic mass is 32.2. The zero-order valence-electron chi connectivity index (χ0n) is 14.1. The van der Waals surface area contributed by atoms with Crippen molar-refractivity contribution in [2.45, 2.75) is 24.2 Å². The lowest BCUT2D eigenvalue weighted by Gasteiger charge is -2.36. The fourth-order valence-corrected chi connectivity index (χ4v) is 5.92. The Morgan fingerprint density at radius 3 is 2.73 bits per heavy atom. The van der Waals surface area contributed by atoms with E-state index in [-0.39, 0.29) is 17.4 Å². The van der Waals surface area contributed by atoms with Gasteiger partial charge in [-0.2, -0.15) is 0 Å². The number of amides is 1. The van der Waals surface area contributed by atoms with E-state index < -0.39 is 10.0 Å². The number of anilines is 2. The van der Waals surface area contributed by atoms with Crippen LogP contribution in [0.4, 0.5) is 11.4 Å². The van der Waals surface area contributed by atoms with Crippen LogP contribution >= 0.6 is 0 Å². The van der Waals surface area contributed by atoms with E-state index in [1.807, 2.05) is 24.3 Å². The molecule has 5 rings (SSSR count). The zero-order chi connectivity index (χ0) is 17.9. The lowest BCUT2D eigenvalue weighted by Crippen LogP contribution is -2.42. The molecule has 0 aliphatic carbocycles. The van der Waals surface area contributed by atoms with Crippen molar-refractivity contribution in [3.05, 3.63) is 47.5 Å². The number of carbonyl (C=O) groups is 1. The molecular formula is C19H18N2O4S. The summed E-state index contributed by atoms with van der Waals surface area (Å²) in [5.41, 5.74) is 3.13. The molecule has 0 spiro atoms. The van der Waals surface area contributed by atoms with Gasteiger partial charge in [0.05, 0.1) is 16.3 Å². The van der Waals surface area contributed by atoms with Crippen LogP contribution in [0.2, 0.25) is 0 Å². The van der Waals surface area contributed by atoms with Crippen molar-refractivity contribution in [2.75, 3.05) is 28.9 Å². The molecule has 1 amide bonds. The van der Waals surface area contributed by atoms with E-state index in [1.54, 1.807) is 17.0 Å². The first-order valence-electron chi connectivity index (χ1n) is 8.77. The molecule has 0 fully saturated rings. The van der Waals surface area contributed by atoms with Gasteiger partial charge in [-0.1, -0.05) is 18.2 Å². The van der Waals surface area contributed by atoms with Gasteiger partial charge >= 0.3 is 0 Å². The average Bonchev–Trinajstić information content (AvgIpc) is 3.09. The maximum absolute atomic E-state index is 13.5. The molecule has 0 saturated carbocycles. The number of rotatable bonds is 2. The summed E-state index contributed by atoms with van der Waals surface area (Å²) in [6.07, 6.45) is 2.09. The predicted molar refractivity (Wildman–Crippen MR) is 97.3 cm³/mol. The van der Waals surface area contributed by atoms with Crippen LogP contribution < -0.4 is 13.9 Å². The van der Waals surface area contributed by atoms with Crippen LogP contribution in [0.25, 0.3) is 0 Å². The molecule has 0 bridgehead atoms. The average molecular weight is 370 g/mol. The Morgan fingerprint density at radius 1 is 1.00 bits per heavy atom. The van der Waals surface area contributed by atoms with E-state index in [4.69, 9.17) is 4.74 Å². The van der Waals surface area contributed by atoms with Gasteiger partial charge in [-0.3, -0.25) is 9.10 Å². The highest BCUT2D eigenvalue weighted by Gasteiger charge is 2.38. The summed E-state index contributed by atoms with van der Waals surface area (Å²) in [7, 11) is -3.70. The van der Waals surface area contributed by atoms with Gasteiger partial charge in [0.15, 0.2) is 6.61 Å². The zero-order valence-corrected chi connectivity index (χ0v) is 15.0. The van der Waals surface area contributed by atoms with Gasteiger partial charge in [-0.25, -0.2) is 8.42 Å². The first-order chi connectivity index (χ1) is 12.6. The van der Waals surface area contributed by atoms with E-state index in [0.29, 0.717) is 42.9 Å². The SMILES string of the molecule is O=C1COc2ccc(S(=O)(=O)N3CCc4ccccc43)c3c2N1CCC3. The Hall–Kier alpha value is -2.54. The van der Waals surface area contributed by atoms with Gasteiger partial charge in [-0.05, 0) is 43.0 Å². The minimum Gasteiger partial charge on any atom is -0.482 e. The summed E-state index contributed by atoms with van der Waals surface area (Å²) < 4.78 is 33.9.